The number of ether oxygens (including phenoxy) is 1. The third-order valence-electron chi connectivity index (χ3n) is 3.38. The standard InChI is InChI=1S/C12H21NO2/c14-12(11-3-4-11)13-7-1-2-10-5-8-15-9-6-10/h10-11H,1-9H2,(H,13,14). The Morgan fingerprint density at radius 3 is 2.60 bits per heavy atom. The van der Waals surface area contributed by atoms with Crippen molar-refractivity contribution in [3.63, 3.8) is 0 Å². The molecule has 0 spiro atoms. The van der Waals surface area contributed by atoms with Gasteiger partial charge in [-0.3, -0.25) is 4.79 Å². The maximum absolute atomic E-state index is 11.3. The first kappa shape index (κ1) is 10.9. The van der Waals surface area contributed by atoms with Crippen LogP contribution in [-0.2, 0) is 9.53 Å². The van der Waals surface area contributed by atoms with Crippen LogP contribution in [0, 0.1) is 11.8 Å². The lowest BCUT2D eigenvalue weighted by Crippen LogP contribution is -2.26. The zero-order chi connectivity index (χ0) is 10.5. The monoisotopic (exact) mass is 211 g/mol. The minimum atomic E-state index is 0.280. The van der Waals surface area contributed by atoms with Crippen LogP contribution in [0.5, 0.6) is 0 Å². The Hall–Kier alpha value is -0.570. The molecule has 1 N–H and O–H groups in total. The summed E-state index contributed by atoms with van der Waals surface area (Å²) in [6, 6.07) is 0. The van der Waals surface area contributed by atoms with Crippen LogP contribution in [0.15, 0.2) is 0 Å². The first-order chi connectivity index (χ1) is 7.36. The highest BCUT2D eigenvalue weighted by Gasteiger charge is 2.29. The molecular weight excluding hydrogens is 190 g/mol. The highest BCUT2D eigenvalue weighted by Crippen LogP contribution is 2.28. The van der Waals surface area contributed by atoms with Gasteiger partial charge in [0.15, 0.2) is 0 Å². The second-order valence-corrected chi connectivity index (χ2v) is 4.76. The van der Waals surface area contributed by atoms with Crippen LogP contribution in [0.4, 0.5) is 0 Å². The number of hydrogen-bond donors (Lipinski definition) is 1. The molecule has 1 heterocycles. The van der Waals surface area contributed by atoms with Gasteiger partial charge in [-0.1, -0.05) is 0 Å². The van der Waals surface area contributed by atoms with Crippen LogP contribution in [-0.4, -0.2) is 25.7 Å². The Labute approximate surface area is 91.6 Å². The minimum Gasteiger partial charge on any atom is -0.381 e. The van der Waals surface area contributed by atoms with Crippen LogP contribution in [0.2, 0.25) is 0 Å². The molecule has 1 saturated carbocycles. The molecule has 3 heteroatoms. The average molecular weight is 211 g/mol. The van der Waals surface area contributed by atoms with Crippen molar-refractivity contribution in [3.05, 3.63) is 0 Å². The predicted octanol–water partition coefficient (Wildman–Crippen LogP) is 1.72. The van der Waals surface area contributed by atoms with E-state index in [4.69, 9.17) is 4.74 Å². The fraction of sp³-hybridized carbons (Fsp3) is 0.917. The first-order valence-electron chi connectivity index (χ1n) is 6.21. The molecule has 3 nitrogen and oxygen atoms in total. The van der Waals surface area contributed by atoms with E-state index in [0.717, 1.165) is 44.9 Å². The van der Waals surface area contributed by atoms with E-state index in [-0.39, 0.29) is 5.91 Å². The van der Waals surface area contributed by atoms with E-state index in [1.165, 1.54) is 19.3 Å². The summed E-state index contributed by atoms with van der Waals surface area (Å²) >= 11 is 0. The molecule has 0 unspecified atom stereocenters. The number of hydrogen-bond acceptors (Lipinski definition) is 2. The third kappa shape index (κ3) is 3.82. The van der Waals surface area contributed by atoms with E-state index in [2.05, 4.69) is 5.32 Å². The molecule has 1 aliphatic carbocycles. The Balaban J connectivity index is 1.48. The predicted molar refractivity (Wildman–Crippen MR) is 58.5 cm³/mol. The lowest BCUT2D eigenvalue weighted by Gasteiger charge is -2.21. The number of amides is 1. The van der Waals surface area contributed by atoms with Gasteiger partial charge in [-0.2, -0.15) is 0 Å². The van der Waals surface area contributed by atoms with Gasteiger partial charge in [0, 0.05) is 25.7 Å². The van der Waals surface area contributed by atoms with Crippen molar-refractivity contribution in [1.29, 1.82) is 0 Å². The van der Waals surface area contributed by atoms with Crippen molar-refractivity contribution >= 4 is 5.91 Å². The molecule has 1 saturated heterocycles. The van der Waals surface area contributed by atoms with Crippen LogP contribution >= 0.6 is 0 Å². The van der Waals surface area contributed by atoms with Crippen molar-refractivity contribution in [2.75, 3.05) is 19.8 Å². The molecule has 0 bridgehead atoms. The lowest BCUT2D eigenvalue weighted by atomic mass is 9.95. The van der Waals surface area contributed by atoms with Crippen molar-refractivity contribution in [1.82, 2.24) is 5.32 Å². The number of carbonyl (C=O) groups is 1. The second kappa shape index (κ2) is 5.50. The van der Waals surface area contributed by atoms with Crippen molar-refractivity contribution in [2.24, 2.45) is 11.8 Å². The van der Waals surface area contributed by atoms with E-state index in [1.54, 1.807) is 0 Å². The van der Waals surface area contributed by atoms with Crippen molar-refractivity contribution in [3.8, 4) is 0 Å². The summed E-state index contributed by atoms with van der Waals surface area (Å²) in [5.41, 5.74) is 0. The first-order valence-corrected chi connectivity index (χ1v) is 6.21. The summed E-state index contributed by atoms with van der Waals surface area (Å²) in [5.74, 6) is 1.46. The third-order valence-corrected chi connectivity index (χ3v) is 3.38. The summed E-state index contributed by atoms with van der Waals surface area (Å²) in [5, 5.41) is 3.01. The van der Waals surface area contributed by atoms with Gasteiger partial charge >= 0.3 is 0 Å². The summed E-state index contributed by atoms with van der Waals surface area (Å²) < 4.78 is 5.31. The molecule has 1 amide bonds. The highest BCUT2D eigenvalue weighted by atomic mass is 16.5. The maximum atomic E-state index is 11.3. The van der Waals surface area contributed by atoms with Gasteiger partial charge in [0.2, 0.25) is 5.91 Å². The summed E-state index contributed by atoms with van der Waals surface area (Å²) in [6.07, 6.45) is 6.99. The van der Waals surface area contributed by atoms with Gasteiger partial charge in [-0.25, -0.2) is 0 Å². The van der Waals surface area contributed by atoms with E-state index in [0.29, 0.717) is 5.92 Å². The van der Waals surface area contributed by atoms with Gasteiger partial charge in [0.1, 0.15) is 0 Å². The van der Waals surface area contributed by atoms with Gasteiger partial charge < -0.3 is 10.1 Å². The molecule has 0 radical (unpaired) electrons. The molecule has 0 atom stereocenters. The Bertz CT molecular complexity index is 208. The lowest BCUT2D eigenvalue weighted by molar-refractivity contribution is -0.122. The summed E-state index contributed by atoms with van der Waals surface area (Å²) in [7, 11) is 0. The molecule has 15 heavy (non-hydrogen) atoms. The van der Waals surface area contributed by atoms with E-state index in [1.807, 2.05) is 0 Å². The van der Waals surface area contributed by atoms with Crippen LogP contribution in [0.25, 0.3) is 0 Å². The molecule has 2 aliphatic rings. The molecule has 0 aromatic heterocycles. The second-order valence-electron chi connectivity index (χ2n) is 4.76. The number of carbonyl (C=O) groups excluding carboxylic acids is 1. The topological polar surface area (TPSA) is 38.3 Å². The fourth-order valence-corrected chi connectivity index (χ4v) is 2.13. The Kier molecular flexibility index (Phi) is 4.01. The molecule has 86 valence electrons. The normalized spacial score (nSPS) is 22.7. The Morgan fingerprint density at radius 2 is 1.93 bits per heavy atom. The maximum Gasteiger partial charge on any atom is 0.223 e. The van der Waals surface area contributed by atoms with Gasteiger partial charge in [0.05, 0.1) is 0 Å². The molecule has 0 aromatic carbocycles. The largest absolute Gasteiger partial charge is 0.381 e. The SMILES string of the molecule is O=C(NCCCC1CCOCC1)C1CC1. The van der Waals surface area contributed by atoms with Crippen molar-refractivity contribution in [2.45, 2.75) is 38.5 Å². The zero-order valence-corrected chi connectivity index (χ0v) is 9.34. The quantitative estimate of drug-likeness (QED) is 0.703. The number of nitrogens with one attached hydrogen (secondary N) is 1. The van der Waals surface area contributed by atoms with Crippen LogP contribution in [0.3, 0.4) is 0 Å². The molecule has 0 aromatic rings. The van der Waals surface area contributed by atoms with Gasteiger partial charge in [0.25, 0.3) is 0 Å². The fourth-order valence-electron chi connectivity index (χ4n) is 2.13. The molecular formula is C12H21NO2. The average Bonchev–Trinajstić information content (AvgIpc) is 3.09. The minimum absolute atomic E-state index is 0.280. The zero-order valence-electron chi connectivity index (χ0n) is 9.34. The van der Waals surface area contributed by atoms with Gasteiger partial charge in [-0.15, -0.1) is 0 Å². The summed E-state index contributed by atoms with van der Waals surface area (Å²) in [4.78, 5) is 11.3. The van der Waals surface area contributed by atoms with E-state index < -0.39 is 0 Å². The molecule has 2 fully saturated rings. The van der Waals surface area contributed by atoms with E-state index >= 15 is 0 Å². The Morgan fingerprint density at radius 1 is 1.20 bits per heavy atom. The van der Waals surface area contributed by atoms with Gasteiger partial charge in [-0.05, 0) is 44.4 Å². The van der Waals surface area contributed by atoms with Crippen LogP contribution < -0.4 is 5.32 Å². The smallest absolute Gasteiger partial charge is 0.223 e. The highest BCUT2D eigenvalue weighted by molar-refractivity contribution is 5.80. The van der Waals surface area contributed by atoms with Crippen molar-refractivity contribution < 1.29 is 9.53 Å². The molecule has 1 aliphatic heterocycles. The summed E-state index contributed by atoms with van der Waals surface area (Å²) in [6.45, 7) is 2.73. The molecule has 2 rings (SSSR count). The van der Waals surface area contributed by atoms with E-state index in [9.17, 15) is 4.79 Å². The van der Waals surface area contributed by atoms with Crippen LogP contribution in [0.1, 0.15) is 38.5 Å². The number of rotatable bonds is 5.